The van der Waals surface area contributed by atoms with Gasteiger partial charge in [-0.2, -0.15) is 5.26 Å². The van der Waals surface area contributed by atoms with E-state index in [4.69, 9.17) is 5.26 Å². The van der Waals surface area contributed by atoms with Crippen LogP contribution in [0.15, 0.2) is 0 Å². The molecule has 18 heavy (non-hydrogen) atoms. The molecular weight excluding hydrogens is 218 g/mol. The Bertz CT molecular complexity index is 234. The summed E-state index contributed by atoms with van der Waals surface area (Å²) in [4.78, 5) is 0. The average Bonchev–Trinajstić information content (AvgIpc) is 2.34. The molecule has 1 nitrogen and oxygen atoms in total. The summed E-state index contributed by atoms with van der Waals surface area (Å²) in [5.41, 5.74) is 0.111. The van der Waals surface area contributed by atoms with E-state index in [9.17, 15) is 0 Å². The number of hydrogen-bond acceptors (Lipinski definition) is 1. The van der Waals surface area contributed by atoms with Crippen molar-refractivity contribution in [2.75, 3.05) is 0 Å². The topological polar surface area (TPSA) is 23.8 Å². The highest BCUT2D eigenvalue weighted by molar-refractivity contribution is 5.04. The van der Waals surface area contributed by atoms with Crippen LogP contribution in [-0.4, -0.2) is 0 Å². The minimum atomic E-state index is 0.111. The molecule has 1 fully saturated rings. The molecular formula is C17H31N. The van der Waals surface area contributed by atoms with E-state index in [-0.39, 0.29) is 5.41 Å². The van der Waals surface area contributed by atoms with E-state index in [1.54, 1.807) is 0 Å². The van der Waals surface area contributed by atoms with Crippen LogP contribution in [-0.2, 0) is 0 Å². The molecule has 0 bridgehead atoms. The van der Waals surface area contributed by atoms with Crippen molar-refractivity contribution in [2.24, 2.45) is 5.41 Å². The van der Waals surface area contributed by atoms with Crippen molar-refractivity contribution in [3.63, 3.8) is 0 Å². The first-order valence-electron chi connectivity index (χ1n) is 8.24. The summed E-state index contributed by atoms with van der Waals surface area (Å²) in [7, 11) is 0. The predicted octanol–water partition coefficient (Wildman–Crippen LogP) is 5.99. The van der Waals surface area contributed by atoms with Crippen LogP contribution in [0.4, 0.5) is 0 Å². The Kier molecular flexibility index (Phi) is 8.14. The number of unbranched alkanes of at least 4 members (excludes halogenated alkanes) is 9. The molecule has 0 N–H and O–H groups in total. The van der Waals surface area contributed by atoms with Crippen LogP contribution in [0.2, 0.25) is 0 Å². The second-order valence-electron chi connectivity index (χ2n) is 6.18. The molecule has 1 aliphatic rings. The van der Waals surface area contributed by atoms with E-state index in [2.05, 4.69) is 13.0 Å². The molecule has 0 unspecified atom stereocenters. The third-order valence-corrected chi connectivity index (χ3v) is 4.56. The van der Waals surface area contributed by atoms with E-state index >= 15 is 0 Å². The monoisotopic (exact) mass is 249 g/mol. The minimum absolute atomic E-state index is 0.111. The van der Waals surface area contributed by atoms with Crippen molar-refractivity contribution < 1.29 is 0 Å². The first-order chi connectivity index (χ1) is 8.83. The van der Waals surface area contributed by atoms with Gasteiger partial charge in [-0.25, -0.2) is 0 Å². The number of nitriles is 1. The highest BCUT2D eigenvalue weighted by atomic mass is 14.4. The van der Waals surface area contributed by atoms with Gasteiger partial charge >= 0.3 is 0 Å². The maximum absolute atomic E-state index is 9.13. The molecule has 0 saturated heterocycles. The van der Waals surface area contributed by atoms with Gasteiger partial charge in [0.05, 0.1) is 11.5 Å². The van der Waals surface area contributed by atoms with Gasteiger partial charge < -0.3 is 0 Å². The van der Waals surface area contributed by atoms with Crippen LogP contribution < -0.4 is 0 Å². The van der Waals surface area contributed by atoms with Crippen molar-refractivity contribution in [1.82, 2.24) is 0 Å². The van der Waals surface area contributed by atoms with Gasteiger partial charge in [-0.05, 0) is 19.3 Å². The summed E-state index contributed by atoms with van der Waals surface area (Å²) < 4.78 is 0. The molecule has 1 saturated carbocycles. The van der Waals surface area contributed by atoms with Gasteiger partial charge in [0.1, 0.15) is 0 Å². The first-order valence-corrected chi connectivity index (χ1v) is 8.24. The van der Waals surface area contributed by atoms with Crippen LogP contribution in [0.25, 0.3) is 0 Å². The zero-order valence-corrected chi connectivity index (χ0v) is 12.3. The van der Waals surface area contributed by atoms with E-state index in [1.165, 1.54) is 89.9 Å². The van der Waals surface area contributed by atoms with Gasteiger partial charge in [-0.3, -0.25) is 0 Å². The second-order valence-corrected chi connectivity index (χ2v) is 6.18. The molecule has 0 aromatic rings. The Morgan fingerprint density at radius 2 is 1.33 bits per heavy atom. The highest BCUT2D eigenvalue weighted by Crippen LogP contribution is 2.44. The van der Waals surface area contributed by atoms with Gasteiger partial charge in [0.25, 0.3) is 0 Å². The molecule has 104 valence electrons. The Morgan fingerprint density at radius 1 is 0.833 bits per heavy atom. The Labute approximate surface area is 114 Å². The average molecular weight is 249 g/mol. The van der Waals surface area contributed by atoms with Gasteiger partial charge in [0.2, 0.25) is 0 Å². The van der Waals surface area contributed by atoms with E-state index in [1.807, 2.05) is 0 Å². The van der Waals surface area contributed by atoms with Gasteiger partial charge in [-0.1, -0.05) is 77.6 Å². The zero-order chi connectivity index (χ0) is 13.1. The largest absolute Gasteiger partial charge is 0.198 e. The summed E-state index contributed by atoms with van der Waals surface area (Å²) in [5.74, 6) is 0. The lowest BCUT2D eigenvalue weighted by atomic mass is 9.67. The lowest BCUT2D eigenvalue weighted by Crippen LogP contribution is -2.27. The van der Waals surface area contributed by atoms with Crippen molar-refractivity contribution in [3.05, 3.63) is 0 Å². The number of rotatable bonds is 11. The third kappa shape index (κ3) is 5.89. The molecule has 0 amide bonds. The molecule has 0 aromatic carbocycles. The van der Waals surface area contributed by atoms with E-state index in [0.717, 1.165) is 0 Å². The van der Waals surface area contributed by atoms with Crippen molar-refractivity contribution >= 4 is 0 Å². The Hall–Kier alpha value is -0.510. The predicted molar refractivity (Wildman–Crippen MR) is 78.4 cm³/mol. The third-order valence-electron chi connectivity index (χ3n) is 4.56. The molecule has 0 atom stereocenters. The second kappa shape index (κ2) is 9.42. The fourth-order valence-corrected chi connectivity index (χ4v) is 2.97. The number of nitrogens with zero attached hydrogens (tertiary/aromatic N) is 1. The van der Waals surface area contributed by atoms with Crippen LogP contribution >= 0.6 is 0 Å². The molecule has 1 aliphatic carbocycles. The molecule has 1 heteroatoms. The maximum Gasteiger partial charge on any atom is 0.0689 e. The molecule has 0 spiro atoms. The van der Waals surface area contributed by atoms with Crippen LogP contribution in [0.3, 0.4) is 0 Å². The quantitative estimate of drug-likeness (QED) is 0.412. The van der Waals surface area contributed by atoms with Gasteiger partial charge in [-0.15, -0.1) is 0 Å². The molecule has 0 aromatic heterocycles. The lowest BCUT2D eigenvalue weighted by Gasteiger charge is -2.35. The summed E-state index contributed by atoms with van der Waals surface area (Å²) >= 11 is 0. The lowest BCUT2D eigenvalue weighted by molar-refractivity contribution is 0.191. The SMILES string of the molecule is CCCCCCCCCCCCC1(C#N)CCC1. The number of hydrogen-bond donors (Lipinski definition) is 0. The summed E-state index contributed by atoms with van der Waals surface area (Å²) in [6, 6.07) is 2.55. The fourth-order valence-electron chi connectivity index (χ4n) is 2.97. The fraction of sp³-hybridized carbons (Fsp3) is 0.941. The highest BCUT2D eigenvalue weighted by Gasteiger charge is 2.36. The summed E-state index contributed by atoms with van der Waals surface area (Å²) in [6.07, 6.45) is 18.7. The summed E-state index contributed by atoms with van der Waals surface area (Å²) in [6.45, 7) is 2.27. The normalized spacial score (nSPS) is 17.1. The van der Waals surface area contributed by atoms with Crippen LogP contribution in [0, 0.1) is 16.7 Å². The smallest absolute Gasteiger partial charge is 0.0689 e. The first kappa shape index (κ1) is 15.5. The summed E-state index contributed by atoms with van der Waals surface area (Å²) in [5, 5.41) is 9.13. The van der Waals surface area contributed by atoms with Gasteiger partial charge in [0, 0.05) is 0 Å². The molecule has 0 radical (unpaired) electrons. The van der Waals surface area contributed by atoms with E-state index < -0.39 is 0 Å². The van der Waals surface area contributed by atoms with Crippen LogP contribution in [0.5, 0.6) is 0 Å². The zero-order valence-electron chi connectivity index (χ0n) is 12.3. The van der Waals surface area contributed by atoms with Crippen LogP contribution in [0.1, 0.15) is 96.8 Å². The molecule has 0 heterocycles. The standard InChI is InChI=1S/C17H31N/c1-2-3-4-5-6-7-8-9-10-11-13-17(16-18)14-12-15-17/h2-15H2,1H3. The Balaban J connectivity index is 1.80. The van der Waals surface area contributed by atoms with Crippen molar-refractivity contribution in [2.45, 2.75) is 96.8 Å². The minimum Gasteiger partial charge on any atom is -0.198 e. The maximum atomic E-state index is 9.13. The van der Waals surface area contributed by atoms with Crippen molar-refractivity contribution in [1.29, 1.82) is 5.26 Å². The van der Waals surface area contributed by atoms with E-state index in [0.29, 0.717) is 0 Å². The van der Waals surface area contributed by atoms with Gasteiger partial charge in [0.15, 0.2) is 0 Å². The Morgan fingerprint density at radius 3 is 1.72 bits per heavy atom. The molecule has 1 rings (SSSR count). The van der Waals surface area contributed by atoms with Crippen molar-refractivity contribution in [3.8, 4) is 6.07 Å². The molecule has 0 aliphatic heterocycles.